The number of hydrogen-bond donors (Lipinski definition) is 0. The minimum Gasteiger partial charge on any atom is -0.501 e. The zero-order chi connectivity index (χ0) is 25.8. The molecule has 1 aromatic rings. The second-order valence-corrected chi connectivity index (χ2v) is 12.1. The third kappa shape index (κ3) is 4.05. The molecule has 0 aromatic heterocycles. The molecule has 2 bridgehead atoms. The Kier molecular flexibility index (Phi) is 6.30. The fourth-order valence-electron chi connectivity index (χ4n) is 7.01. The number of benzene rings is 1. The van der Waals surface area contributed by atoms with Gasteiger partial charge in [-0.05, 0) is 73.3 Å². The molecule has 4 atom stereocenters. The molecule has 1 unspecified atom stereocenters. The molecular weight excluding hydrogens is 440 g/mol. The third-order valence-corrected chi connectivity index (χ3v) is 9.64. The van der Waals surface area contributed by atoms with Crippen LogP contribution in [0.3, 0.4) is 0 Å². The summed E-state index contributed by atoms with van der Waals surface area (Å²) in [4.78, 5) is 13.7. The molecule has 192 valence electrons. The van der Waals surface area contributed by atoms with Gasteiger partial charge >= 0.3 is 0 Å². The van der Waals surface area contributed by atoms with E-state index in [1.165, 1.54) is 0 Å². The molecule has 5 heteroatoms. The van der Waals surface area contributed by atoms with Gasteiger partial charge in [0.1, 0.15) is 34.4 Å². The highest BCUT2D eigenvalue weighted by atomic mass is 16.5. The number of aryl methyl sites for hydroxylation is 2. The number of carbonyl (C=O) groups is 1. The van der Waals surface area contributed by atoms with Gasteiger partial charge in [-0.3, -0.25) is 4.79 Å². The van der Waals surface area contributed by atoms with Gasteiger partial charge in [-0.2, -0.15) is 0 Å². The fraction of sp³-hybridized carbons (Fsp3) is 0.633. The van der Waals surface area contributed by atoms with Crippen LogP contribution in [0.4, 0.5) is 0 Å². The van der Waals surface area contributed by atoms with Gasteiger partial charge in [0.05, 0.1) is 21.3 Å². The van der Waals surface area contributed by atoms with Crippen molar-refractivity contribution in [2.24, 2.45) is 22.2 Å². The average Bonchev–Trinajstić information content (AvgIpc) is 2.87. The molecule has 1 aromatic carbocycles. The van der Waals surface area contributed by atoms with E-state index < -0.39 is 5.60 Å². The summed E-state index contributed by atoms with van der Waals surface area (Å²) in [6, 6.07) is 4.05. The standard InChI is InChI=1S/C30H42O5/c1-19-12-22(32-7)13-20-10-11-29(5,35-26(19)20)16-21(31)15-28(4)18-24-25(34-9)14-23(33-8)17-30(28,6)27(24,2)3/h12-14,17,24H,10-11,15-16,18H2,1-9H3/t24-,28+,29?,30+/m0/s1. The molecule has 0 N–H and O–H groups in total. The van der Waals surface area contributed by atoms with Crippen molar-refractivity contribution in [3.8, 4) is 11.5 Å². The number of allylic oxidation sites excluding steroid dienone is 3. The number of Topliss-reactive ketones (excluding diaryl/α,β-unsaturated/α-hetero) is 1. The summed E-state index contributed by atoms with van der Waals surface area (Å²) in [6.07, 6.45) is 7.75. The molecule has 4 rings (SSSR count). The molecule has 0 saturated heterocycles. The average molecular weight is 483 g/mol. The molecule has 1 saturated carbocycles. The highest BCUT2D eigenvalue weighted by Gasteiger charge is 2.64. The van der Waals surface area contributed by atoms with Crippen molar-refractivity contribution in [3.05, 3.63) is 46.9 Å². The minimum absolute atomic E-state index is 0.0928. The molecule has 3 aliphatic rings. The van der Waals surface area contributed by atoms with Crippen LogP contribution in [0.5, 0.6) is 11.5 Å². The SMILES string of the molecule is COC1=C[C@]2(C)C(C)(C)[C@@H](C[C@@]2(C)CC(=O)CC2(C)CCc3cc(OC)cc(C)c3O2)C(OC)=C1. The number of fused-ring (bicyclic) bond motifs is 3. The van der Waals surface area contributed by atoms with E-state index in [0.717, 1.165) is 53.4 Å². The zero-order valence-electron chi connectivity index (χ0n) is 23.0. The van der Waals surface area contributed by atoms with Crippen molar-refractivity contribution >= 4 is 5.78 Å². The first kappa shape index (κ1) is 25.7. The lowest BCUT2D eigenvalue weighted by Gasteiger charge is -2.47. The van der Waals surface area contributed by atoms with Crippen LogP contribution in [0.25, 0.3) is 0 Å². The van der Waals surface area contributed by atoms with Gasteiger partial charge in [0.25, 0.3) is 0 Å². The summed E-state index contributed by atoms with van der Waals surface area (Å²) >= 11 is 0. The Bertz CT molecular complexity index is 1080. The molecule has 35 heavy (non-hydrogen) atoms. The van der Waals surface area contributed by atoms with Crippen LogP contribution in [-0.2, 0) is 20.7 Å². The molecule has 1 fully saturated rings. The van der Waals surface area contributed by atoms with Crippen LogP contribution in [0.15, 0.2) is 35.8 Å². The highest BCUT2D eigenvalue weighted by molar-refractivity contribution is 5.80. The molecule has 2 aliphatic carbocycles. The van der Waals surface area contributed by atoms with Crippen LogP contribution >= 0.6 is 0 Å². The van der Waals surface area contributed by atoms with E-state index in [0.29, 0.717) is 12.8 Å². The number of hydrogen-bond acceptors (Lipinski definition) is 5. The summed E-state index contributed by atoms with van der Waals surface area (Å²) in [6.45, 7) is 13.3. The van der Waals surface area contributed by atoms with Gasteiger partial charge in [0.2, 0.25) is 0 Å². The van der Waals surface area contributed by atoms with E-state index in [9.17, 15) is 4.79 Å². The summed E-state index contributed by atoms with van der Waals surface area (Å²) in [5.74, 6) is 3.97. The Labute approximate surface area is 210 Å². The summed E-state index contributed by atoms with van der Waals surface area (Å²) in [5.41, 5.74) is 1.14. The van der Waals surface area contributed by atoms with Crippen molar-refractivity contribution in [3.63, 3.8) is 0 Å². The van der Waals surface area contributed by atoms with Crippen LogP contribution in [0.1, 0.15) is 71.4 Å². The van der Waals surface area contributed by atoms with E-state index in [4.69, 9.17) is 18.9 Å². The molecule has 0 amide bonds. The Hall–Kier alpha value is -2.43. The van der Waals surface area contributed by atoms with Crippen molar-refractivity contribution in [1.82, 2.24) is 0 Å². The monoisotopic (exact) mass is 482 g/mol. The lowest BCUT2D eigenvalue weighted by molar-refractivity contribution is -0.127. The molecule has 1 heterocycles. The second kappa shape index (κ2) is 8.60. The fourth-order valence-corrected chi connectivity index (χ4v) is 7.01. The maximum Gasteiger partial charge on any atom is 0.137 e. The van der Waals surface area contributed by atoms with E-state index in [1.807, 2.05) is 19.1 Å². The van der Waals surface area contributed by atoms with Gasteiger partial charge in [-0.15, -0.1) is 0 Å². The van der Waals surface area contributed by atoms with Crippen molar-refractivity contribution < 1.29 is 23.7 Å². The van der Waals surface area contributed by atoms with E-state index >= 15 is 0 Å². The van der Waals surface area contributed by atoms with Gasteiger partial charge in [-0.25, -0.2) is 0 Å². The van der Waals surface area contributed by atoms with Crippen molar-refractivity contribution in [2.45, 2.75) is 79.2 Å². The maximum atomic E-state index is 13.7. The van der Waals surface area contributed by atoms with E-state index in [2.05, 4.69) is 46.8 Å². The lowest BCUT2D eigenvalue weighted by Crippen LogP contribution is -2.44. The molecule has 0 radical (unpaired) electrons. The van der Waals surface area contributed by atoms with Gasteiger partial charge < -0.3 is 18.9 Å². The van der Waals surface area contributed by atoms with Crippen molar-refractivity contribution in [2.75, 3.05) is 21.3 Å². The minimum atomic E-state index is -0.508. The number of carbonyl (C=O) groups excluding carboxylic acids is 1. The van der Waals surface area contributed by atoms with Crippen LogP contribution in [0, 0.1) is 29.1 Å². The zero-order valence-corrected chi connectivity index (χ0v) is 23.0. The third-order valence-electron chi connectivity index (χ3n) is 9.64. The van der Waals surface area contributed by atoms with Crippen LogP contribution in [0.2, 0.25) is 0 Å². The van der Waals surface area contributed by atoms with Crippen molar-refractivity contribution in [1.29, 1.82) is 0 Å². The molecule has 0 spiro atoms. The van der Waals surface area contributed by atoms with Gasteiger partial charge in [0.15, 0.2) is 0 Å². The first-order chi connectivity index (χ1) is 16.3. The summed E-state index contributed by atoms with van der Waals surface area (Å²) < 4.78 is 23.5. The van der Waals surface area contributed by atoms with E-state index in [-0.39, 0.29) is 27.9 Å². The first-order valence-corrected chi connectivity index (χ1v) is 12.7. The lowest BCUT2D eigenvalue weighted by atomic mass is 9.56. The Morgan fingerprint density at radius 3 is 2.37 bits per heavy atom. The second-order valence-electron chi connectivity index (χ2n) is 12.1. The van der Waals surface area contributed by atoms with Gasteiger partial charge in [0, 0.05) is 30.3 Å². The highest BCUT2D eigenvalue weighted by Crippen LogP contribution is 2.70. The summed E-state index contributed by atoms with van der Waals surface area (Å²) in [5, 5.41) is 0. The number of methoxy groups -OCH3 is 3. The summed E-state index contributed by atoms with van der Waals surface area (Å²) in [7, 11) is 5.12. The number of rotatable bonds is 7. The number of ether oxygens (including phenoxy) is 4. The largest absolute Gasteiger partial charge is 0.501 e. The molecular formula is C30H42O5. The predicted octanol–water partition coefficient (Wildman–Crippen LogP) is 6.57. The van der Waals surface area contributed by atoms with E-state index in [1.54, 1.807) is 21.3 Å². The van der Waals surface area contributed by atoms with Crippen LogP contribution in [-0.4, -0.2) is 32.7 Å². The Morgan fingerprint density at radius 2 is 1.74 bits per heavy atom. The normalized spacial score (nSPS) is 33.0. The quantitative estimate of drug-likeness (QED) is 0.440. The molecule has 5 nitrogen and oxygen atoms in total. The first-order valence-electron chi connectivity index (χ1n) is 12.7. The topological polar surface area (TPSA) is 54.0 Å². The molecule has 1 aliphatic heterocycles. The predicted molar refractivity (Wildman–Crippen MR) is 138 cm³/mol. The smallest absolute Gasteiger partial charge is 0.137 e. The number of ketones is 1. The van der Waals surface area contributed by atoms with Crippen LogP contribution < -0.4 is 9.47 Å². The maximum absolute atomic E-state index is 13.7. The Morgan fingerprint density at radius 1 is 1.03 bits per heavy atom. The Balaban J connectivity index is 1.57. The van der Waals surface area contributed by atoms with Gasteiger partial charge in [-0.1, -0.05) is 27.7 Å².